The zero-order valence-electron chi connectivity index (χ0n) is 12.5. The maximum absolute atomic E-state index is 9.35. The van der Waals surface area contributed by atoms with Crippen LogP contribution in [0.3, 0.4) is 0 Å². The lowest BCUT2D eigenvalue weighted by molar-refractivity contribution is 0.128. The van der Waals surface area contributed by atoms with Crippen LogP contribution in [0.2, 0.25) is 0 Å². The number of hydrogen-bond donors (Lipinski definition) is 2. The second kappa shape index (κ2) is 8.89. The fourth-order valence-corrected chi connectivity index (χ4v) is 3.08. The SMILES string of the molecule is CCCNC(CO)CCN(C)C1CCCCC1C. The summed E-state index contributed by atoms with van der Waals surface area (Å²) >= 11 is 0. The first kappa shape index (κ1) is 15.9. The van der Waals surface area contributed by atoms with Gasteiger partial charge in [-0.15, -0.1) is 0 Å². The molecule has 3 unspecified atom stereocenters. The summed E-state index contributed by atoms with van der Waals surface area (Å²) in [4.78, 5) is 2.51. The quantitative estimate of drug-likeness (QED) is 0.699. The molecule has 0 radical (unpaired) electrons. The molecule has 18 heavy (non-hydrogen) atoms. The van der Waals surface area contributed by atoms with Crippen molar-refractivity contribution < 1.29 is 5.11 Å². The minimum absolute atomic E-state index is 0.258. The van der Waals surface area contributed by atoms with E-state index >= 15 is 0 Å². The molecule has 1 fully saturated rings. The Kier molecular flexibility index (Phi) is 7.87. The highest BCUT2D eigenvalue weighted by Gasteiger charge is 2.24. The molecule has 1 rings (SSSR count). The summed E-state index contributed by atoms with van der Waals surface area (Å²) in [6, 6.07) is 1.02. The van der Waals surface area contributed by atoms with Crippen molar-refractivity contribution in [2.75, 3.05) is 26.7 Å². The summed E-state index contributed by atoms with van der Waals surface area (Å²) in [6.45, 7) is 6.91. The third-order valence-corrected chi connectivity index (χ3v) is 4.37. The Morgan fingerprint density at radius 1 is 1.33 bits per heavy atom. The number of aliphatic hydroxyl groups excluding tert-OH is 1. The third-order valence-electron chi connectivity index (χ3n) is 4.37. The zero-order chi connectivity index (χ0) is 13.4. The first-order valence-electron chi connectivity index (χ1n) is 7.73. The number of aliphatic hydroxyl groups is 1. The molecule has 108 valence electrons. The Morgan fingerprint density at radius 2 is 2.06 bits per heavy atom. The van der Waals surface area contributed by atoms with Crippen LogP contribution in [0.15, 0.2) is 0 Å². The maximum atomic E-state index is 9.35. The second-order valence-electron chi connectivity index (χ2n) is 5.93. The van der Waals surface area contributed by atoms with E-state index in [4.69, 9.17) is 0 Å². The lowest BCUT2D eigenvalue weighted by Crippen LogP contribution is -2.42. The summed E-state index contributed by atoms with van der Waals surface area (Å²) in [6.07, 6.45) is 7.71. The van der Waals surface area contributed by atoms with Crippen molar-refractivity contribution in [3.8, 4) is 0 Å². The van der Waals surface area contributed by atoms with E-state index in [1.807, 2.05) is 0 Å². The third kappa shape index (κ3) is 5.25. The van der Waals surface area contributed by atoms with E-state index in [0.717, 1.165) is 37.9 Å². The van der Waals surface area contributed by atoms with Gasteiger partial charge in [0, 0.05) is 12.1 Å². The first-order chi connectivity index (χ1) is 8.69. The summed E-state index contributed by atoms with van der Waals surface area (Å²) in [5.41, 5.74) is 0. The molecule has 0 aromatic carbocycles. The van der Waals surface area contributed by atoms with Gasteiger partial charge in [-0.1, -0.05) is 26.7 Å². The van der Waals surface area contributed by atoms with E-state index in [-0.39, 0.29) is 12.6 Å². The van der Waals surface area contributed by atoms with E-state index in [2.05, 4.69) is 31.1 Å². The average molecular weight is 256 g/mol. The molecular weight excluding hydrogens is 224 g/mol. The van der Waals surface area contributed by atoms with Gasteiger partial charge in [-0.3, -0.25) is 0 Å². The number of rotatable bonds is 8. The molecule has 3 atom stereocenters. The number of hydrogen-bond acceptors (Lipinski definition) is 3. The normalized spacial score (nSPS) is 26.5. The molecule has 3 heteroatoms. The van der Waals surface area contributed by atoms with Gasteiger partial charge in [0.1, 0.15) is 0 Å². The minimum atomic E-state index is 0.258. The Morgan fingerprint density at radius 3 is 2.67 bits per heavy atom. The molecule has 0 aromatic rings. The topological polar surface area (TPSA) is 35.5 Å². The standard InChI is InChI=1S/C15H32N2O/c1-4-10-16-14(12-18)9-11-17(3)15-8-6-5-7-13(15)2/h13-16,18H,4-12H2,1-3H3. The molecule has 0 amide bonds. The van der Waals surface area contributed by atoms with Crippen LogP contribution < -0.4 is 5.32 Å². The first-order valence-corrected chi connectivity index (χ1v) is 7.73. The van der Waals surface area contributed by atoms with E-state index in [0.29, 0.717) is 0 Å². The predicted molar refractivity (Wildman–Crippen MR) is 77.8 cm³/mol. The van der Waals surface area contributed by atoms with E-state index in [9.17, 15) is 5.11 Å². The predicted octanol–water partition coefficient (Wildman–Crippen LogP) is 2.25. The molecule has 0 bridgehead atoms. The van der Waals surface area contributed by atoms with Gasteiger partial charge in [0.15, 0.2) is 0 Å². The molecule has 0 aliphatic heterocycles. The highest BCUT2D eigenvalue weighted by molar-refractivity contribution is 4.80. The minimum Gasteiger partial charge on any atom is -0.395 e. The van der Waals surface area contributed by atoms with Crippen LogP contribution in [0.5, 0.6) is 0 Å². The van der Waals surface area contributed by atoms with Crippen molar-refractivity contribution in [1.82, 2.24) is 10.2 Å². The fourth-order valence-electron chi connectivity index (χ4n) is 3.08. The van der Waals surface area contributed by atoms with Crippen LogP contribution in [0.4, 0.5) is 0 Å². The monoisotopic (exact) mass is 256 g/mol. The van der Waals surface area contributed by atoms with Crippen molar-refractivity contribution in [1.29, 1.82) is 0 Å². The summed E-state index contributed by atoms with van der Waals surface area (Å²) < 4.78 is 0. The Bertz CT molecular complexity index is 211. The molecule has 0 heterocycles. The molecule has 0 spiro atoms. The van der Waals surface area contributed by atoms with Gasteiger partial charge in [0.25, 0.3) is 0 Å². The molecule has 0 aromatic heterocycles. The van der Waals surface area contributed by atoms with Crippen molar-refractivity contribution in [3.05, 3.63) is 0 Å². The fraction of sp³-hybridized carbons (Fsp3) is 1.00. The summed E-state index contributed by atoms with van der Waals surface area (Å²) in [5, 5.41) is 12.8. The smallest absolute Gasteiger partial charge is 0.0585 e. The van der Waals surface area contributed by atoms with Crippen molar-refractivity contribution in [2.45, 2.75) is 64.5 Å². The molecule has 3 nitrogen and oxygen atoms in total. The lowest BCUT2D eigenvalue weighted by Gasteiger charge is -2.36. The van der Waals surface area contributed by atoms with Crippen molar-refractivity contribution >= 4 is 0 Å². The number of nitrogens with one attached hydrogen (secondary N) is 1. The second-order valence-corrected chi connectivity index (χ2v) is 5.93. The van der Waals surface area contributed by atoms with E-state index in [1.165, 1.54) is 25.7 Å². The Hall–Kier alpha value is -0.120. The summed E-state index contributed by atoms with van der Waals surface area (Å²) in [5.74, 6) is 0.833. The van der Waals surface area contributed by atoms with Crippen molar-refractivity contribution in [3.63, 3.8) is 0 Å². The van der Waals surface area contributed by atoms with Gasteiger partial charge >= 0.3 is 0 Å². The van der Waals surface area contributed by atoms with Crippen LogP contribution in [-0.2, 0) is 0 Å². The Labute approximate surface area is 113 Å². The zero-order valence-corrected chi connectivity index (χ0v) is 12.5. The van der Waals surface area contributed by atoms with Gasteiger partial charge in [-0.25, -0.2) is 0 Å². The van der Waals surface area contributed by atoms with Crippen molar-refractivity contribution in [2.24, 2.45) is 5.92 Å². The van der Waals surface area contributed by atoms with Crippen LogP contribution in [0.1, 0.15) is 52.4 Å². The van der Waals surface area contributed by atoms with E-state index < -0.39 is 0 Å². The molecule has 2 N–H and O–H groups in total. The molecule has 1 saturated carbocycles. The molecule has 1 aliphatic rings. The molecular formula is C15H32N2O. The largest absolute Gasteiger partial charge is 0.395 e. The Balaban J connectivity index is 2.27. The molecule has 1 aliphatic carbocycles. The van der Waals surface area contributed by atoms with E-state index in [1.54, 1.807) is 0 Å². The van der Waals surface area contributed by atoms with Gasteiger partial charge < -0.3 is 15.3 Å². The van der Waals surface area contributed by atoms with Gasteiger partial charge in [0.05, 0.1) is 6.61 Å². The van der Waals surface area contributed by atoms with Gasteiger partial charge in [-0.05, 0) is 51.7 Å². The molecule has 0 saturated heterocycles. The highest BCUT2D eigenvalue weighted by atomic mass is 16.3. The summed E-state index contributed by atoms with van der Waals surface area (Å²) in [7, 11) is 2.25. The maximum Gasteiger partial charge on any atom is 0.0585 e. The van der Waals surface area contributed by atoms with Gasteiger partial charge in [0.2, 0.25) is 0 Å². The van der Waals surface area contributed by atoms with Gasteiger partial charge in [-0.2, -0.15) is 0 Å². The lowest BCUT2D eigenvalue weighted by atomic mass is 9.85. The van der Waals surface area contributed by atoms with Crippen LogP contribution in [0, 0.1) is 5.92 Å². The van der Waals surface area contributed by atoms with Crippen LogP contribution in [-0.4, -0.2) is 48.8 Å². The highest BCUT2D eigenvalue weighted by Crippen LogP contribution is 2.27. The van der Waals surface area contributed by atoms with Crippen LogP contribution in [0.25, 0.3) is 0 Å². The average Bonchev–Trinajstić information content (AvgIpc) is 2.39. The van der Waals surface area contributed by atoms with Crippen LogP contribution >= 0.6 is 0 Å². The number of nitrogens with zero attached hydrogens (tertiary/aromatic N) is 1.